The number of nitrogens with zero attached hydrogens (tertiary/aromatic N) is 3. The van der Waals surface area contributed by atoms with E-state index in [1.54, 1.807) is 0 Å². The average Bonchev–Trinajstić information content (AvgIpc) is 3.06. The Morgan fingerprint density at radius 1 is 0.870 bits per heavy atom. The molecule has 0 heterocycles. The van der Waals surface area contributed by atoms with Gasteiger partial charge in [0, 0.05) is 0 Å². The predicted octanol–water partition coefficient (Wildman–Crippen LogP) is 3.14. The van der Waals surface area contributed by atoms with Crippen LogP contribution in [0.25, 0.3) is 0 Å². The fourth-order valence-corrected chi connectivity index (χ4v) is 23.7. The Morgan fingerprint density at radius 3 is 1.57 bits per heavy atom. The molecule has 0 aromatic heterocycles. The van der Waals surface area contributed by atoms with Gasteiger partial charge in [-0.1, -0.05) is 0 Å². The molecular formula is C17H36FGeN3Zr. The van der Waals surface area contributed by atoms with E-state index in [0.29, 0.717) is 0 Å². The molecule has 0 saturated carbocycles. The minimum absolute atomic E-state index is 0.990. The van der Waals surface area contributed by atoms with Gasteiger partial charge in [-0.3, -0.25) is 0 Å². The summed E-state index contributed by atoms with van der Waals surface area (Å²) in [6.07, 6.45) is 5.33. The number of rotatable bonds is 11. The van der Waals surface area contributed by atoms with Crippen molar-refractivity contribution in [3.63, 3.8) is 0 Å². The van der Waals surface area contributed by atoms with Crippen molar-refractivity contribution in [1.29, 1.82) is 0 Å². The summed E-state index contributed by atoms with van der Waals surface area (Å²) in [5.74, 6) is 0. The molecule has 0 bridgehead atoms. The fourth-order valence-electron chi connectivity index (χ4n) is 4.19. The van der Waals surface area contributed by atoms with Crippen LogP contribution in [0.4, 0.5) is 3.50 Å². The monoisotopic (exact) mass is 465 g/mol. The van der Waals surface area contributed by atoms with Crippen molar-refractivity contribution in [2.75, 3.05) is 39.3 Å². The van der Waals surface area contributed by atoms with Crippen molar-refractivity contribution in [2.45, 2.75) is 48.0 Å². The van der Waals surface area contributed by atoms with Crippen LogP contribution in [0.1, 0.15) is 48.0 Å². The zero-order valence-corrected chi connectivity index (χ0v) is 21.5. The van der Waals surface area contributed by atoms with E-state index >= 15 is 0 Å². The summed E-state index contributed by atoms with van der Waals surface area (Å²) < 4.78 is 24.9. The normalized spacial score (nSPS) is 16.3. The third-order valence-electron chi connectivity index (χ3n) is 5.19. The molecule has 23 heavy (non-hydrogen) atoms. The molecule has 0 aromatic carbocycles. The summed E-state index contributed by atoms with van der Waals surface area (Å²) in [6, 6.07) is 0. The van der Waals surface area contributed by atoms with Gasteiger partial charge in [-0.05, 0) is 0 Å². The Kier molecular flexibility index (Phi) is 10.1. The maximum atomic E-state index is 13.9. The first-order valence-corrected chi connectivity index (χ1v) is 16.4. The fraction of sp³-hybridized carbons (Fsp3) is 0.765. The van der Waals surface area contributed by atoms with Gasteiger partial charge in [-0.2, -0.15) is 0 Å². The van der Waals surface area contributed by atoms with Gasteiger partial charge in [0.2, 0.25) is 0 Å². The molecule has 6 heteroatoms. The van der Waals surface area contributed by atoms with E-state index < -0.39 is 37.0 Å². The molecule has 0 atom stereocenters. The van der Waals surface area contributed by atoms with Gasteiger partial charge < -0.3 is 0 Å². The molecule has 1 aliphatic carbocycles. The average molecular weight is 465 g/mol. The van der Waals surface area contributed by atoms with Crippen molar-refractivity contribution in [2.24, 2.45) is 0 Å². The summed E-state index contributed by atoms with van der Waals surface area (Å²) in [4.78, 5) is 0. The molecule has 1 aliphatic rings. The second kappa shape index (κ2) is 10.6. The molecule has 134 valence electrons. The number of hydrogen-bond acceptors (Lipinski definition) is 3. The second-order valence-corrected chi connectivity index (χ2v) is 17.3. The molecule has 1 rings (SSSR count). The number of hydrogen-bond donors (Lipinski definition) is 0. The van der Waals surface area contributed by atoms with Gasteiger partial charge in [0.1, 0.15) is 0 Å². The Morgan fingerprint density at radius 2 is 1.26 bits per heavy atom. The van der Waals surface area contributed by atoms with E-state index in [9.17, 15) is 3.50 Å². The van der Waals surface area contributed by atoms with Crippen LogP contribution in [0.15, 0.2) is 19.8 Å². The van der Waals surface area contributed by atoms with Crippen LogP contribution in [0.3, 0.4) is 0 Å². The van der Waals surface area contributed by atoms with Crippen LogP contribution < -0.4 is 0 Å². The van der Waals surface area contributed by atoms with E-state index in [4.69, 9.17) is 0 Å². The Balaban J connectivity index is 3.64. The minimum atomic E-state index is -3.20. The molecule has 3 nitrogen and oxygen atoms in total. The molecule has 0 fully saturated rings. The van der Waals surface area contributed by atoms with Crippen LogP contribution in [0.5, 0.6) is 0 Å². The molecule has 0 N–H and O–H groups in total. The van der Waals surface area contributed by atoms with Gasteiger partial charge in [0.05, 0.1) is 0 Å². The van der Waals surface area contributed by atoms with Crippen LogP contribution in [0, 0.1) is 0 Å². The Bertz CT molecular complexity index is 385. The van der Waals surface area contributed by atoms with Gasteiger partial charge >= 0.3 is 156 Å². The first-order valence-electron chi connectivity index (χ1n) is 9.32. The van der Waals surface area contributed by atoms with Gasteiger partial charge in [0.25, 0.3) is 0 Å². The summed E-state index contributed by atoms with van der Waals surface area (Å²) in [5.41, 5.74) is 0. The van der Waals surface area contributed by atoms with Crippen LogP contribution in [-0.4, -0.2) is 63.7 Å². The molecule has 0 amide bonds. The van der Waals surface area contributed by atoms with E-state index in [2.05, 4.69) is 62.2 Å². The molecule has 0 saturated heterocycles. The van der Waals surface area contributed by atoms with E-state index in [1.165, 1.54) is 3.28 Å². The molecule has 0 aromatic rings. The quantitative estimate of drug-likeness (QED) is 0.435. The Labute approximate surface area is 155 Å². The summed E-state index contributed by atoms with van der Waals surface area (Å²) in [6.45, 7) is 20.1. The Hall–Kier alpha value is 0.716. The zero-order chi connectivity index (χ0) is 17.5. The SMILES string of the molecule is CC[N](CC)[Zr]([C]1=[C]([GeH2][F])C=CC1)([N](CC)CC)[N](CC)CC. The molecule has 0 spiro atoms. The van der Waals surface area contributed by atoms with E-state index in [-0.39, 0.29) is 0 Å². The summed E-state index contributed by atoms with van der Waals surface area (Å²) in [5, 5.41) is 0. The second-order valence-electron chi connectivity index (χ2n) is 5.90. The van der Waals surface area contributed by atoms with Crippen molar-refractivity contribution < 1.29 is 24.6 Å². The molecular weight excluding hydrogens is 429 g/mol. The van der Waals surface area contributed by atoms with Crippen LogP contribution in [0.2, 0.25) is 0 Å². The molecule has 0 aliphatic heterocycles. The number of allylic oxidation sites excluding steroid dienone is 4. The molecule has 0 radical (unpaired) electrons. The first-order chi connectivity index (χ1) is 11.1. The van der Waals surface area contributed by atoms with E-state index in [0.717, 1.165) is 50.1 Å². The number of halogens is 1. The maximum absolute atomic E-state index is 13.9. The standard InChI is InChI=1S/C5H6FGe.3C4H10N.Zr/c6-7-5-3-1-2-4-5;3*1-3-5-4-2;/h1,3H,2,7H2;3*3-4H2,1-2H3;/q;3*-1;+3. The third kappa shape index (κ3) is 4.11. The topological polar surface area (TPSA) is 9.72 Å². The van der Waals surface area contributed by atoms with Crippen molar-refractivity contribution >= 4 is 15.9 Å². The predicted molar refractivity (Wildman–Crippen MR) is 99.2 cm³/mol. The molecule has 0 unspecified atom stereocenters. The third-order valence-corrected chi connectivity index (χ3v) is 23.5. The summed E-state index contributed by atoms with van der Waals surface area (Å²) in [7, 11) is 0. The van der Waals surface area contributed by atoms with Crippen molar-refractivity contribution in [3.8, 4) is 0 Å². The van der Waals surface area contributed by atoms with E-state index in [1.807, 2.05) is 0 Å². The summed E-state index contributed by atoms with van der Waals surface area (Å²) >= 11 is -5.27. The van der Waals surface area contributed by atoms with Crippen molar-refractivity contribution in [3.05, 3.63) is 19.8 Å². The van der Waals surface area contributed by atoms with Gasteiger partial charge in [-0.25, -0.2) is 0 Å². The van der Waals surface area contributed by atoms with Gasteiger partial charge in [0.15, 0.2) is 0 Å². The zero-order valence-electron chi connectivity index (χ0n) is 16.0. The van der Waals surface area contributed by atoms with Crippen LogP contribution >= 0.6 is 0 Å². The van der Waals surface area contributed by atoms with Gasteiger partial charge in [-0.15, -0.1) is 0 Å². The first kappa shape index (κ1) is 21.8. The van der Waals surface area contributed by atoms with Crippen molar-refractivity contribution in [1.82, 2.24) is 8.53 Å². The van der Waals surface area contributed by atoms with Crippen LogP contribution in [-0.2, 0) is 21.1 Å².